The van der Waals surface area contributed by atoms with Crippen molar-refractivity contribution in [1.29, 1.82) is 0 Å². The van der Waals surface area contributed by atoms with Gasteiger partial charge in [-0.15, -0.1) is 11.3 Å². The number of benzene rings is 1. The third-order valence-corrected chi connectivity index (χ3v) is 4.97. The molecule has 2 amide bonds. The van der Waals surface area contributed by atoms with Gasteiger partial charge in [-0.1, -0.05) is 18.2 Å². The molecule has 0 bridgehead atoms. The zero-order valence-electron chi connectivity index (χ0n) is 13.9. The number of aliphatic hydroxyl groups is 1. The Bertz CT molecular complexity index is 775. The van der Waals surface area contributed by atoms with Crippen molar-refractivity contribution in [2.75, 3.05) is 38.2 Å². The van der Waals surface area contributed by atoms with Gasteiger partial charge in [0.2, 0.25) is 0 Å². The lowest BCUT2D eigenvalue weighted by Crippen LogP contribution is -2.40. The van der Waals surface area contributed by atoms with E-state index in [1.54, 1.807) is 6.92 Å². The Kier molecular flexibility index (Phi) is 5.52. The predicted molar refractivity (Wildman–Crippen MR) is 95.2 cm³/mol. The lowest BCUT2D eigenvalue weighted by Gasteiger charge is -2.22. The smallest absolute Gasteiger partial charge is 0.350 e. The van der Waals surface area contributed by atoms with Gasteiger partial charge in [-0.2, -0.15) is 0 Å². The highest BCUT2D eigenvalue weighted by molar-refractivity contribution is 7.21. The first-order valence-corrected chi connectivity index (χ1v) is 8.92. The van der Waals surface area contributed by atoms with Crippen LogP contribution in [0.5, 0.6) is 0 Å². The second kappa shape index (κ2) is 7.81. The number of hydrogen-bond donors (Lipinski definition) is 2. The Balaban J connectivity index is 1.89. The van der Waals surface area contributed by atoms with Crippen LogP contribution in [0.3, 0.4) is 0 Å². The van der Waals surface area contributed by atoms with Crippen molar-refractivity contribution in [1.82, 2.24) is 4.90 Å². The number of hydrogen-bond acceptors (Lipinski definition) is 6. The third-order valence-electron chi connectivity index (χ3n) is 3.82. The van der Waals surface area contributed by atoms with E-state index >= 15 is 0 Å². The molecule has 2 aromatic rings. The number of nitrogens with zero attached hydrogens (tertiary/aromatic N) is 1. The number of carbonyl (C=O) groups is 2. The molecule has 1 aromatic heterocycles. The zero-order valence-corrected chi connectivity index (χ0v) is 14.7. The van der Waals surface area contributed by atoms with Crippen molar-refractivity contribution in [3.63, 3.8) is 0 Å². The molecule has 1 aliphatic rings. The molecule has 0 spiro atoms. The molecule has 2 heterocycles. The molecule has 3 rings (SSSR count). The summed E-state index contributed by atoms with van der Waals surface area (Å²) < 4.78 is 11.2. The van der Waals surface area contributed by atoms with Crippen LogP contribution >= 0.6 is 11.3 Å². The number of thiophene rings is 1. The number of aliphatic hydroxyl groups excluding tert-OH is 1. The van der Waals surface area contributed by atoms with Crippen LogP contribution in [0.4, 0.5) is 10.5 Å². The maximum atomic E-state index is 12.6. The molecule has 7 nitrogen and oxygen atoms in total. The van der Waals surface area contributed by atoms with Crippen LogP contribution in [-0.4, -0.2) is 61.0 Å². The van der Waals surface area contributed by atoms with Crippen LogP contribution < -0.4 is 5.32 Å². The summed E-state index contributed by atoms with van der Waals surface area (Å²) in [5, 5.41) is 13.4. The summed E-state index contributed by atoms with van der Waals surface area (Å²) in [5.41, 5.74) is 0.448. The maximum absolute atomic E-state index is 12.6. The SMILES string of the molecule is CCOC(=O)c1sc2ccccc2c1NC(=O)N1CCOCC(O)C1. The monoisotopic (exact) mass is 364 g/mol. The van der Waals surface area contributed by atoms with Crippen molar-refractivity contribution < 1.29 is 24.2 Å². The van der Waals surface area contributed by atoms with Crippen molar-refractivity contribution >= 4 is 39.1 Å². The fraction of sp³-hybridized carbons (Fsp3) is 0.412. The second-order valence-electron chi connectivity index (χ2n) is 5.63. The molecule has 1 aromatic carbocycles. The first kappa shape index (κ1) is 17.7. The fourth-order valence-corrected chi connectivity index (χ4v) is 3.72. The van der Waals surface area contributed by atoms with Gasteiger partial charge in [-0.25, -0.2) is 9.59 Å². The minimum atomic E-state index is -0.725. The summed E-state index contributed by atoms with van der Waals surface area (Å²) in [6, 6.07) is 7.09. The highest BCUT2D eigenvalue weighted by Gasteiger charge is 2.25. The number of esters is 1. The Morgan fingerprint density at radius 3 is 3.04 bits per heavy atom. The molecule has 1 atom stereocenters. The zero-order chi connectivity index (χ0) is 17.8. The number of fused-ring (bicyclic) bond motifs is 1. The summed E-state index contributed by atoms with van der Waals surface area (Å²) in [7, 11) is 0. The first-order valence-electron chi connectivity index (χ1n) is 8.10. The van der Waals surface area contributed by atoms with E-state index in [4.69, 9.17) is 9.47 Å². The number of β-amino-alcohol motifs (C(OH)–C–C–N with tert-alkyl or cyclic N) is 1. The van der Waals surface area contributed by atoms with Crippen LogP contribution in [0.1, 0.15) is 16.6 Å². The van der Waals surface area contributed by atoms with Crippen LogP contribution in [0.15, 0.2) is 24.3 Å². The quantitative estimate of drug-likeness (QED) is 0.816. The Morgan fingerprint density at radius 1 is 1.44 bits per heavy atom. The summed E-state index contributed by atoms with van der Waals surface area (Å²) in [5.74, 6) is -0.460. The Hall–Kier alpha value is -2.16. The third kappa shape index (κ3) is 3.92. The standard InChI is InChI=1S/C17H20N2O5S/c1-2-24-16(21)15-14(12-5-3-4-6-13(12)25-15)18-17(22)19-7-8-23-10-11(20)9-19/h3-6,11,20H,2,7-10H2,1H3,(H,18,22). The average molecular weight is 364 g/mol. The fourth-order valence-electron chi connectivity index (χ4n) is 2.67. The lowest BCUT2D eigenvalue weighted by atomic mass is 10.2. The van der Waals surface area contributed by atoms with E-state index in [9.17, 15) is 14.7 Å². The molecule has 1 unspecified atom stereocenters. The minimum absolute atomic E-state index is 0.183. The second-order valence-corrected chi connectivity index (χ2v) is 6.68. The summed E-state index contributed by atoms with van der Waals surface area (Å²) in [6.45, 7) is 3.12. The van der Waals surface area contributed by atoms with E-state index < -0.39 is 12.1 Å². The molecule has 134 valence electrons. The van der Waals surface area contributed by atoms with Gasteiger partial charge < -0.3 is 24.8 Å². The molecule has 25 heavy (non-hydrogen) atoms. The van der Waals surface area contributed by atoms with E-state index in [0.29, 0.717) is 23.7 Å². The van der Waals surface area contributed by atoms with E-state index in [0.717, 1.165) is 10.1 Å². The van der Waals surface area contributed by atoms with E-state index in [-0.39, 0.29) is 25.8 Å². The molecular formula is C17H20N2O5S. The molecule has 1 aliphatic heterocycles. The molecule has 0 radical (unpaired) electrons. The van der Waals surface area contributed by atoms with E-state index in [2.05, 4.69) is 5.32 Å². The minimum Gasteiger partial charge on any atom is -0.462 e. The number of rotatable bonds is 3. The predicted octanol–water partition coefficient (Wildman–Crippen LogP) is 2.30. The number of amides is 2. The van der Waals surface area contributed by atoms with Crippen molar-refractivity contribution in [2.45, 2.75) is 13.0 Å². The highest BCUT2D eigenvalue weighted by Crippen LogP contribution is 2.36. The summed E-state index contributed by atoms with van der Waals surface area (Å²) >= 11 is 1.28. The normalized spacial score (nSPS) is 18.0. The Labute approximate surface area is 149 Å². The van der Waals surface area contributed by atoms with Crippen molar-refractivity contribution in [2.24, 2.45) is 0 Å². The number of anilines is 1. The van der Waals surface area contributed by atoms with E-state index in [1.165, 1.54) is 16.2 Å². The van der Waals surface area contributed by atoms with Gasteiger partial charge in [0.05, 0.1) is 38.2 Å². The van der Waals surface area contributed by atoms with Crippen molar-refractivity contribution in [3.05, 3.63) is 29.1 Å². The first-order chi connectivity index (χ1) is 12.1. The largest absolute Gasteiger partial charge is 0.462 e. The van der Waals surface area contributed by atoms with Crippen molar-refractivity contribution in [3.8, 4) is 0 Å². The van der Waals surface area contributed by atoms with Gasteiger partial charge in [0.1, 0.15) is 4.88 Å². The Morgan fingerprint density at radius 2 is 2.24 bits per heavy atom. The van der Waals surface area contributed by atoms with Crippen LogP contribution in [0.2, 0.25) is 0 Å². The molecule has 0 aliphatic carbocycles. The van der Waals surface area contributed by atoms with Gasteiger partial charge in [0.15, 0.2) is 0 Å². The molecule has 2 N–H and O–H groups in total. The van der Waals surface area contributed by atoms with Crippen LogP contribution in [-0.2, 0) is 9.47 Å². The molecule has 1 fully saturated rings. The van der Waals surface area contributed by atoms with E-state index in [1.807, 2.05) is 24.3 Å². The number of urea groups is 1. The summed E-state index contributed by atoms with van der Waals surface area (Å²) in [4.78, 5) is 26.8. The van der Waals surface area contributed by atoms with Gasteiger partial charge in [0, 0.05) is 16.6 Å². The van der Waals surface area contributed by atoms with Gasteiger partial charge in [-0.3, -0.25) is 0 Å². The molecular weight excluding hydrogens is 344 g/mol. The topological polar surface area (TPSA) is 88.1 Å². The molecule has 1 saturated heterocycles. The molecule has 8 heteroatoms. The van der Waals surface area contributed by atoms with Gasteiger partial charge in [-0.05, 0) is 13.0 Å². The maximum Gasteiger partial charge on any atom is 0.350 e. The lowest BCUT2D eigenvalue weighted by molar-refractivity contribution is 0.0533. The highest BCUT2D eigenvalue weighted by atomic mass is 32.1. The van der Waals surface area contributed by atoms with Gasteiger partial charge in [0.25, 0.3) is 0 Å². The summed E-state index contributed by atoms with van der Waals surface area (Å²) in [6.07, 6.45) is -0.725. The number of nitrogens with one attached hydrogen (secondary N) is 1. The van der Waals surface area contributed by atoms with Crippen LogP contribution in [0, 0.1) is 0 Å². The van der Waals surface area contributed by atoms with Crippen LogP contribution in [0.25, 0.3) is 10.1 Å². The number of carbonyl (C=O) groups excluding carboxylic acids is 2. The average Bonchev–Trinajstić information content (AvgIpc) is 2.81. The molecule has 0 saturated carbocycles. The number of ether oxygens (including phenoxy) is 2. The van der Waals surface area contributed by atoms with Gasteiger partial charge >= 0.3 is 12.0 Å².